The van der Waals surface area contributed by atoms with Crippen LogP contribution < -0.4 is 31.1 Å². The Balaban J connectivity index is 1.13. The largest absolute Gasteiger partial charge is 0.334 e. The van der Waals surface area contributed by atoms with Crippen molar-refractivity contribution >= 4 is 68.6 Å². The molecular formula is C80H92BN3. The lowest BCUT2D eigenvalue weighted by atomic mass is 9.33. The molecule has 0 saturated heterocycles. The van der Waals surface area contributed by atoms with Gasteiger partial charge < -0.3 is 14.7 Å². The van der Waals surface area contributed by atoms with Crippen molar-refractivity contribution < 1.29 is 0 Å². The first kappa shape index (κ1) is 56.4. The van der Waals surface area contributed by atoms with Gasteiger partial charge in [0.05, 0.1) is 11.2 Å². The highest BCUT2D eigenvalue weighted by Gasteiger charge is 2.61. The van der Waals surface area contributed by atoms with Crippen LogP contribution in [-0.4, -0.2) is 12.3 Å². The topological polar surface area (TPSA) is 9.72 Å². The zero-order valence-electron chi connectivity index (χ0n) is 54.2. The van der Waals surface area contributed by atoms with Gasteiger partial charge in [-0.1, -0.05) is 227 Å². The van der Waals surface area contributed by atoms with Gasteiger partial charge >= 0.3 is 0 Å². The molecule has 3 nitrogen and oxygen atoms in total. The number of benzene rings is 8. The van der Waals surface area contributed by atoms with E-state index in [1.54, 1.807) is 0 Å². The average Bonchev–Trinajstić information content (AvgIpc) is 1.23. The molecule has 0 N–H and O–H groups in total. The Morgan fingerprint density at radius 2 is 0.929 bits per heavy atom. The molecule has 0 radical (unpaired) electrons. The van der Waals surface area contributed by atoms with Gasteiger partial charge in [0.1, 0.15) is 0 Å². The lowest BCUT2D eigenvalue weighted by molar-refractivity contribution is 0.215. The standard InChI is InChI=1S/C80H92BN3/c1-51-44-55(74(5,6)7)34-38-65(51)82-68-48-58(84-67-29-23-22-28-60(67)80(41-25-24-40-79(80,84)18)54-32-30-53(31-33-54)73(2,3)4)36-37-63(68)81-64-49-61-62(78(16,17)43-42-77(61,14)15)50-69(64)83(71-47-57(76(11,12)13)46-70(82)72(71)81)66-39-35-56(75(8,9)10)45-59(66)52-26-20-19-21-27-52/h19-23,26-39,44-50H,24-25,40-43H2,1-18H3. The highest BCUT2D eigenvalue weighted by molar-refractivity contribution is 7.00. The molecule has 2 aliphatic carbocycles. The first-order valence-corrected chi connectivity index (χ1v) is 31.9. The number of hydrogen-bond donors (Lipinski definition) is 0. The summed E-state index contributed by atoms with van der Waals surface area (Å²) in [5, 5.41) is 0. The fourth-order valence-electron chi connectivity index (χ4n) is 16.2. The molecule has 0 aromatic heterocycles. The Morgan fingerprint density at radius 3 is 1.55 bits per heavy atom. The highest BCUT2D eigenvalue weighted by Crippen LogP contribution is 2.64. The fraction of sp³-hybridized carbons (Fsp3) is 0.400. The second-order valence-electron chi connectivity index (χ2n) is 31.9. The summed E-state index contributed by atoms with van der Waals surface area (Å²) in [5.74, 6) is 0. The molecule has 2 atom stereocenters. The van der Waals surface area contributed by atoms with Gasteiger partial charge in [-0.25, -0.2) is 0 Å². The van der Waals surface area contributed by atoms with Crippen molar-refractivity contribution in [1.29, 1.82) is 0 Å². The van der Waals surface area contributed by atoms with E-state index in [4.69, 9.17) is 0 Å². The van der Waals surface area contributed by atoms with E-state index in [0.717, 1.165) is 25.7 Å². The predicted octanol–water partition coefficient (Wildman–Crippen LogP) is 20.1. The lowest BCUT2D eigenvalue weighted by Crippen LogP contribution is -2.62. The quantitative estimate of drug-likeness (QED) is 0.159. The van der Waals surface area contributed by atoms with Crippen LogP contribution in [0.1, 0.15) is 206 Å². The van der Waals surface area contributed by atoms with Crippen molar-refractivity contribution in [3.63, 3.8) is 0 Å². The van der Waals surface area contributed by atoms with Gasteiger partial charge in [0.25, 0.3) is 6.71 Å². The summed E-state index contributed by atoms with van der Waals surface area (Å²) >= 11 is 0. The third-order valence-electron chi connectivity index (χ3n) is 21.4. The summed E-state index contributed by atoms with van der Waals surface area (Å²) in [6, 6.07) is 63.7. The maximum atomic E-state index is 2.82. The van der Waals surface area contributed by atoms with Crippen LogP contribution in [0.2, 0.25) is 0 Å². The molecule has 0 amide bonds. The molecule has 3 aliphatic heterocycles. The molecule has 0 bridgehead atoms. The van der Waals surface area contributed by atoms with Crippen molar-refractivity contribution in [2.24, 2.45) is 0 Å². The van der Waals surface area contributed by atoms with E-state index in [1.807, 2.05) is 0 Å². The average molecular weight is 1110 g/mol. The summed E-state index contributed by atoms with van der Waals surface area (Å²) in [4.78, 5) is 8.28. The minimum atomic E-state index is -0.227. The van der Waals surface area contributed by atoms with E-state index in [9.17, 15) is 0 Å². The Bertz CT molecular complexity index is 3940. The van der Waals surface area contributed by atoms with Crippen LogP contribution in [0.15, 0.2) is 158 Å². The number of fused-ring (bicyclic) bond motifs is 8. The van der Waals surface area contributed by atoms with E-state index < -0.39 is 0 Å². The summed E-state index contributed by atoms with van der Waals surface area (Å²) < 4.78 is 0. The third kappa shape index (κ3) is 8.55. The maximum absolute atomic E-state index is 2.82. The van der Waals surface area contributed by atoms with Crippen LogP contribution in [0.25, 0.3) is 11.1 Å². The van der Waals surface area contributed by atoms with Crippen molar-refractivity contribution in [3.05, 3.63) is 208 Å². The number of para-hydroxylation sites is 1. The Morgan fingerprint density at radius 1 is 0.393 bits per heavy atom. The van der Waals surface area contributed by atoms with Crippen LogP contribution in [0.4, 0.5) is 45.5 Å². The molecule has 4 heteroatoms. The molecule has 5 aliphatic rings. The van der Waals surface area contributed by atoms with Crippen molar-refractivity contribution in [2.45, 2.75) is 207 Å². The van der Waals surface area contributed by atoms with Gasteiger partial charge in [-0.05, 0) is 199 Å². The Kier molecular flexibility index (Phi) is 12.7. The molecule has 2 unspecified atom stereocenters. The van der Waals surface area contributed by atoms with Crippen LogP contribution in [-0.2, 0) is 37.9 Å². The molecule has 430 valence electrons. The predicted molar refractivity (Wildman–Crippen MR) is 363 cm³/mol. The first-order chi connectivity index (χ1) is 39.4. The Labute approximate surface area is 506 Å². The number of rotatable bonds is 5. The fourth-order valence-corrected chi connectivity index (χ4v) is 16.2. The van der Waals surface area contributed by atoms with Gasteiger partial charge in [-0.3, -0.25) is 0 Å². The smallest absolute Gasteiger partial charge is 0.252 e. The molecule has 0 spiro atoms. The minimum absolute atomic E-state index is 0.000613. The maximum Gasteiger partial charge on any atom is 0.252 e. The first-order valence-electron chi connectivity index (χ1n) is 31.9. The van der Waals surface area contributed by atoms with E-state index in [2.05, 4.69) is 297 Å². The normalized spacial score (nSPS) is 20.4. The van der Waals surface area contributed by atoms with Crippen molar-refractivity contribution in [1.82, 2.24) is 0 Å². The van der Waals surface area contributed by atoms with Gasteiger partial charge in [-0.15, -0.1) is 0 Å². The van der Waals surface area contributed by atoms with E-state index >= 15 is 0 Å². The van der Waals surface area contributed by atoms with Crippen LogP contribution in [0.5, 0.6) is 0 Å². The van der Waals surface area contributed by atoms with Gasteiger partial charge in [0.15, 0.2) is 0 Å². The summed E-state index contributed by atoms with van der Waals surface area (Å²) in [5.41, 5.74) is 28.8. The second kappa shape index (κ2) is 18.9. The van der Waals surface area contributed by atoms with Crippen LogP contribution >= 0.6 is 0 Å². The van der Waals surface area contributed by atoms with Gasteiger partial charge in [0, 0.05) is 50.8 Å². The lowest BCUT2D eigenvalue weighted by Gasteiger charge is -2.52. The third-order valence-corrected chi connectivity index (χ3v) is 21.4. The zero-order chi connectivity index (χ0) is 59.6. The van der Waals surface area contributed by atoms with Crippen molar-refractivity contribution in [2.75, 3.05) is 14.7 Å². The molecule has 3 heterocycles. The molecule has 1 saturated carbocycles. The van der Waals surface area contributed by atoms with Crippen LogP contribution in [0, 0.1) is 6.92 Å². The number of aryl methyl sites for hydroxylation is 1. The molecular weight excluding hydrogens is 1010 g/mol. The molecule has 8 aromatic carbocycles. The molecule has 13 rings (SSSR count). The number of hydrogen-bond acceptors (Lipinski definition) is 3. The van der Waals surface area contributed by atoms with E-state index in [0.29, 0.717) is 0 Å². The zero-order valence-corrected chi connectivity index (χ0v) is 54.2. The van der Waals surface area contributed by atoms with E-state index in [-0.39, 0.29) is 50.2 Å². The molecule has 8 aromatic rings. The second-order valence-corrected chi connectivity index (χ2v) is 31.9. The van der Waals surface area contributed by atoms with Crippen LogP contribution in [0.3, 0.4) is 0 Å². The molecule has 1 fully saturated rings. The van der Waals surface area contributed by atoms with Gasteiger partial charge in [0.2, 0.25) is 0 Å². The minimum Gasteiger partial charge on any atom is -0.334 e. The Hall–Kier alpha value is -6.78. The van der Waals surface area contributed by atoms with Gasteiger partial charge in [-0.2, -0.15) is 0 Å². The van der Waals surface area contributed by atoms with E-state index in [1.165, 1.54) is 136 Å². The highest BCUT2D eigenvalue weighted by atomic mass is 15.3. The number of anilines is 8. The SMILES string of the molecule is Cc1cc(C(C)(C)C)ccc1N1c2cc(N3c4ccccc4C4(c5ccc(C(C)(C)C)cc5)CCCCC34C)ccc2B2c3cc4c(cc3N(c3ccc(C(C)(C)C)cc3-c3ccccc3)c3cc(C(C)(C)C)cc1c32)C(C)(C)CCC4(C)C. The van der Waals surface area contributed by atoms with Crippen molar-refractivity contribution in [3.8, 4) is 11.1 Å². The monoisotopic (exact) mass is 1110 g/mol. The number of nitrogens with zero attached hydrogens (tertiary/aromatic N) is 3. The summed E-state index contributed by atoms with van der Waals surface area (Å²) in [6.07, 6.45) is 6.92. The summed E-state index contributed by atoms with van der Waals surface area (Å²) in [6.45, 7) is 43.3. The summed E-state index contributed by atoms with van der Waals surface area (Å²) in [7, 11) is 0. The molecule has 84 heavy (non-hydrogen) atoms.